The molecule has 24 heavy (non-hydrogen) atoms. The Kier molecular flexibility index (Phi) is 4.47. The number of aromatic hydroxyl groups is 1. The molecule has 1 unspecified atom stereocenters. The van der Waals surface area contributed by atoms with Crippen LogP contribution in [0.2, 0.25) is 0 Å². The zero-order valence-electron chi connectivity index (χ0n) is 14.4. The van der Waals surface area contributed by atoms with Gasteiger partial charge in [0, 0.05) is 19.0 Å². The molecule has 0 fully saturated rings. The fourth-order valence-corrected chi connectivity index (χ4v) is 3.04. The molecule has 1 aliphatic rings. The van der Waals surface area contributed by atoms with Crippen LogP contribution in [0.25, 0.3) is 0 Å². The van der Waals surface area contributed by atoms with Crippen LogP contribution in [0.1, 0.15) is 30.0 Å². The van der Waals surface area contributed by atoms with Gasteiger partial charge in [0.25, 0.3) is 5.91 Å². The second-order valence-corrected chi connectivity index (χ2v) is 6.37. The third-order valence-electron chi connectivity index (χ3n) is 4.48. The van der Waals surface area contributed by atoms with Gasteiger partial charge in [0.15, 0.2) is 6.10 Å². The van der Waals surface area contributed by atoms with Gasteiger partial charge >= 0.3 is 0 Å². The monoisotopic (exact) mass is 325 g/mol. The molecule has 1 heterocycles. The number of benzene rings is 2. The number of hydrogen-bond donors (Lipinski definition) is 1. The van der Waals surface area contributed by atoms with Gasteiger partial charge < -0.3 is 14.7 Å². The molecule has 0 aliphatic carbocycles. The largest absolute Gasteiger partial charge is 0.508 e. The molecule has 3 rings (SSSR count). The molecule has 0 saturated carbocycles. The summed E-state index contributed by atoms with van der Waals surface area (Å²) in [6.07, 6.45) is 0.855. The lowest BCUT2D eigenvalue weighted by molar-refractivity contribution is -0.126. The number of aryl methyl sites for hydroxylation is 2. The van der Waals surface area contributed by atoms with Crippen LogP contribution in [0.3, 0.4) is 0 Å². The van der Waals surface area contributed by atoms with Crippen molar-refractivity contribution in [3.05, 3.63) is 53.1 Å². The fourth-order valence-electron chi connectivity index (χ4n) is 3.04. The van der Waals surface area contributed by atoms with E-state index < -0.39 is 6.10 Å². The average molecular weight is 325 g/mol. The standard InChI is InChI=1S/C20H23NO3/c1-4-9-21-17-12-16(22)7-8-18(17)24-19(20(21)23)11-15-6-5-13(2)14(3)10-15/h5-8,10,12,19,22H,4,9,11H2,1-3H3. The van der Waals surface area contributed by atoms with Crippen molar-refractivity contribution >= 4 is 11.6 Å². The summed E-state index contributed by atoms with van der Waals surface area (Å²) in [5.74, 6) is 0.738. The van der Waals surface area contributed by atoms with E-state index in [0.717, 1.165) is 12.0 Å². The highest BCUT2D eigenvalue weighted by molar-refractivity contribution is 6.00. The molecule has 1 atom stereocenters. The normalized spacial score (nSPS) is 16.7. The van der Waals surface area contributed by atoms with Gasteiger partial charge in [0.1, 0.15) is 11.5 Å². The number of carbonyl (C=O) groups is 1. The van der Waals surface area contributed by atoms with Gasteiger partial charge in [-0.05, 0) is 49.1 Å². The maximum atomic E-state index is 12.9. The molecular weight excluding hydrogens is 302 g/mol. The molecule has 4 heteroatoms. The van der Waals surface area contributed by atoms with Crippen molar-refractivity contribution < 1.29 is 14.6 Å². The number of anilines is 1. The molecule has 0 bridgehead atoms. The van der Waals surface area contributed by atoms with Crippen molar-refractivity contribution in [1.82, 2.24) is 0 Å². The minimum atomic E-state index is -0.532. The summed E-state index contributed by atoms with van der Waals surface area (Å²) in [6.45, 7) is 6.79. The molecule has 0 radical (unpaired) electrons. The van der Waals surface area contributed by atoms with Crippen molar-refractivity contribution in [3.63, 3.8) is 0 Å². The zero-order chi connectivity index (χ0) is 17.3. The summed E-state index contributed by atoms with van der Waals surface area (Å²) in [5.41, 5.74) is 4.20. The third-order valence-corrected chi connectivity index (χ3v) is 4.48. The SMILES string of the molecule is CCCN1C(=O)C(Cc2ccc(C)c(C)c2)Oc2ccc(O)cc21. The van der Waals surface area contributed by atoms with Gasteiger partial charge in [0.2, 0.25) is 0 Å². The Balaban J connectivity index is 1.90. The number of carbonyl (C=O) groups excluding carboxylic acids is 1. The van der Waals surface area contributed by atoms with E-state index in [1.54, 1.807) is 23.1 Å². The summed E-state index contributed by atoms with van der Waals surface area (Å²) in [4.78, 5) is 14.6. The van der Waals surface area contributed by atoms with E-state index >= 15 is 0 Å². The van der Waals surface area contributed by atoms with Crippen molar-refractivity contribution in [2.45, 2.75) is 39.7 Å². The van der Waals surface area contributed by atoms with Crippen molar-refractivity contribution in [2.75, 3.05) is 11.4 Å². The average Bonchev–Trinajstić information content (AvgIpc) is 2.55. The van der Waals surface area contributed by atoms with Gasteiger partial charge in [0.05, 0.1) is 5.69 Å². The smallest absolute Gasteiger partial charge is 0.268 e. The number of nitrogens with zero attached hydrogens (tertiary/aromatic N) is 1. The van der Waals surface area contributed by atoms with Crippen molar-refractivity contribution in [3.8, 4) is 11.5 Å². The van der Waals surface area contributed by atoms with Crippen molar-refractivity contribution in [2.24, 2.45) is 0 Å². The van der Waals surface area contributed by atoms with Crippen LogP contribution >= 0.6 is 0 Å². The Hall–Kier alpha value is -2.49. The Morgan fingerprint density at radius 3 is 2.62 bits per heavy atom. The zero-order valence-corrected chi connectivity index (χ0v) is 14.4. The molecule has 0 spiro atoms. The predicted octanol–water partition coefficient (Wildman–Crippen LogP) is 3.76. The van der Waals surface area contributed by atoms with E-state index in [4.69, 9.17) is 4.74 Å². The molecule has 1 amide bonds. The van der Waals surface area contributed by atoms with E-state index in [0.29, 0.717) is 24.4 Å². The van der Waals surface area contributed by atoms with Crippen LogP contribution in [-0.2, 0) is 11.2 Å². The van der Waals surface area contributed by atoms with Gasteiger partial charge in [-0.25, -0.2) is 0 Å². The molecule has 126 valence electrons. The lowest BCUT2D eigenvalue weighted by Crippen LogP contribution is -2.47. The van der Waals surface area contributed by atoms with Crippen LogP contribution < -0.4 is 9.64 Å². The van der Waals surface area contributed by atoms with E-state index in [1.807, 2.05) is 6.92 Å². The Labute approximate surface area is 142 Å². The molecule has 1 aliphatic heterocycles. The first-order valence-electron chi connectivity index (χ1n) is 8.36. The molecule has 0 saturated heterocycles. The topological polar surface area (TPSA) is 49.8 Å². The summed E-state index contributed by atoms with van der Waals surface area (Å²) >= 11 is 0. The number of ether oxygens (including phenoxy) is 1. The summed E-state index contributed by atoms with van der Waals surface area (Å²) in [7, 11) is 0. The number of fused-ring (bicyclic) bond motifs is 1. The maximum absolute atomic E-state index is 12.9. The summed E-state index contributed by atoms with van der Waals surface area (Å²) in [6, 6.07) is 11.2. The molecule has 4 nitrogen and oxygen atoms in total. The number of phenolic OH excluding ortho intramolecular Hbond substituents is 1. The van der Waals surface area contributed by atoms with Crippen LogP contribution in [0.5, 0.6) is 11.5 Å². The highest BCUT2D eigenvalue weighted by atomic mass is 16.5. The Bertz CT molecular complexity index is 769. The highest BCUT2D eigenvalue weighted by Gasteiger charge is 2.34. The second-order valence-electron chi connectivity index (χ2n) is 6.37. The molecule has 0 aromatic heterocycles. The van der Waals surface area contributed by atoms with Gasteiger partial charge in [-0.3, -0.25) is 4.79 Å². The van der Waals surface area contributed by atoms with E-state index in [1.165, 1.54) is 11.1 Å². The van der Waals surface area contributed by atoms with Gasteiger partial charge in [-0.2, -0.15) is 0 Å². The highest BCUT2D eigenvalue weighted by Crippen LogP contribution is 2.37. The van der Waals surface area contributed by atoms with Gasteiger partial charge in [-0.1, -0.05) is 25.1 Å². The van der Waals surface area contributed by atoms with Crippen LogP contribution in [0.4, 0.5) is 5.69 Å². The number of rotatable bonds is 4. The lowest BCUT2D eigenvalue weighted by atomic mass is 10.0. The Morgan fingerprint density at radius 2 is 1.92 bits per heavy atom. The number of amides is 1. The Morgan fingerprint density at radius 1 is 1.12 bits per heavy atom. The van der Waals surface area contributed by atoms with Crippen LogP contribution in [0.15, 0.2) is 36.4 Å². The van der Waals surface area contributed by atoms with Gasteiger partial charge in [-0.15, -0.1) is 0 Å². The van der Waals surface area contributed by atoms with E-state index in [2.05, 4.69) is 32.0 Å². The molecule has 2 aromatic rings. The molecule has 2 aromatic carbocycles. The third kappa shape index (κ3) is 3.09. The minimum Gasteiger partial charge on any atom is -0.508 e. The van der Waals surface area contributed by atoms with E-state index in [9.17, 15) is 9.90 Å². The quantitative estimate of drug-likeness (QED) is 0.931. The second kappa shape index (κ2) is 6.56. The summed E-state index contributed by atoms with van der Waals surface area (Å²) in [5, 5.41) is 9.72. The fraction of sp³-hybridized carbons (Fsp3) is 0.350. The molecule has 1 N–H and O–H groups in total. The maximum Gasteiger partial charge on any atom is 0.268 e. The number of hydrogen-bond acceptors (Lipinski definition) is 3. The number of phenols is 1. The van der Waals surface area contributed by atoms with E-state index in [-0.39, 0.29) is 11.7 Å². The van der Waals surface area contributed by atoms with Crippen LogP contribution in [0, 0.1) is 13.8 Å². The first-order chi connectivity index (χ1) is 11.5. The van der Waals surface area contributed by atoms with Crippen molar-refractivity contribution in [1.29, 1.82) is 0 Å². The summed E-state index contributed by atoms with van der Waals surface area (Å²) < 4.78 is 5.95. The molecular formula is C20H23NO3. The first-order valence-corrected chi connectivity index (χ1v) is 8.36. The lowest BCUT2D eigenvalue weighted by Gasteiger charge is -2.34. The predicted molar refractivity (Wildman–Crippen MR) is 94.8 cm³/mol. The first kappa shape index (κ1) is 16.4. The van der Waals surface area contributed by atoms with Crippen LogP contribution in [-0.4, -0.2) is 23.7 Å². The minimum absolute atomic E-state index is 0.0480.